The number of aryl methyl sites for hydroxylation is 1. The number of rotatable bonds is 4. The minimum Gasteiger partial charge on any atom is -0.444 e. The van der Waals surface area contributed by atoms with E-state index in [2.05, 4.69) is 15.3 Å². The summed E-state index contributed by atoms with van der Waals surface area (Å²) in [6.07, 6.45) is 1.72. The quantitative estimate of drug-likeness (QED) is 0.667. The standard InChI is InChI=1S/C14H12N2OS2/c1-10-8-18-14(15-10)19-9-12-7-17-13(16-12)11-5-3-2-4-6-11/h2-8H,9H2,1H3. The zero-order valence-corrected chi connectivity index (χ0v) is 12.0. The molecule has 3 aromatic rings. The van der Waals surface area contributed by atoms with Gasteiger partial charge < -0.3 is 4.42 Å². The lowest BCUT2D eigenvalue weighted by molar-refractivity contribution is 0.573. The molecule has 0 bridgehead atoms. The van der Waals surface area contributed by atoms with Crippen LogP contribution in [0.2, 0.25) is 0 Å². The zero-order chi connectivity index (χ0) is 13.1. The zero-order valence-electron chi connectivity index (χ0n) is 10.4. The number of hydrogen-bond acceptors (Lipinski definition) is 5. The first kappa shape index (κ1) is 12.4. The van der Waals surface area contributed by atoms with E-state index in [1.807, 2.05) is 37.3 Å². The van der Waals surface area contributed by atoms with Gasteiger partial charge in [-0.25, -0.2) is 9.97 Å². The highest BCUT2D eigenvalue weighted by Crippen LogP contribution is 2.27. The SMILES string of the molecule is Cc1csc(SCc2coc(-c3ccccc3)n2)n1. The summed E-state index contributed by atoms with van der Waals surface area (Å²) >= 11 is 3.35. The van der Waals surface area contributed by atoms with Crippen molar-refractivity contribution in [3.8, 4) is 11.5 Å². The minimum atomic E-state index is 0.673. The minimum absolute atomic E-state index is 0.673. The van der Waals surface area contributed by atoms with Crippen molar-refractivity contribution < 1.29 is 4.42 Å². The Hall–Kier alpha value is -1.59. The summed E-state index contributed by atoms with van der Waals surface area (Å²) < 4.78 is 6.57. The molecule has 2 heterocycles. The van der Waals surface area contributed by atoms with Gasteiger partial charge in [0.15, 0.2) is 0 Å². The fourth-order valence-corrected chi connectivity index (χ4v) is 3.35. The first-order chi connectivity index (χ1) is 9.31. The average molecular weight is 288 g/mol. The molecule has 0 spiro atoms. The Labute approximate surface area is 119 Å². The van der Waals surface area contributed by atoms with Crippen LogP contribution in [0.25, 0.3) is 11.5 Å². The first-order valence-electron chi connectivity index (χ1n) is 5.86. The van der Waals surface area contributed by atoms with Gasteiger partial charge in [0.2, 0.25) is 5.89 Å². The Morgan fingerprint density at radius 1 is 1.21 bits per heavy atom. The van der Waals surface area contributed by atoms with Crippen molar-refractivity contribution in [1.82, 2.24) is 9.97 Å². The molecule has 0 radical (unpaired) electrons. The lowest BCUT2D eigenvalue weighted by atomic mass is 10.2. The van der Waals surface area contributed by atoms with Crippen LogP contribution < -0.4 is 0 Å². The van der Waals surface area contributed by atoms with Gasteiger partial charge in [0, 0.05) is 22.4 Å². The topological polar surface area (TPSA) is 38.9 Å². The van der Waals surface area contributed by atoms with Gasteiger partial charge in [-0.05, 0) is 19.1 Å². The molecule has 0 saturated carbocycles. The van der Waals surface area contributed by atoms with E-state index in [1.165, 1.54) is 0 Å². The molecule has 0 aliphatic heterocycles. The van der Waals surface area contributed by atoms with E-state index in [0.717, 1.165) is 27.0 Å². The molecule has 0 aliphatic carbocycles. The fourth-order valence-electron chi connectivity index (χ4n) is 1.62. The fraction of sp³-hybridized carbons (Fsp3) is 0.143. The van der Waals surface area contributed by atoms with Crippen LogP contribution in [0.5, 0.6) is 0 Å². The van der Waals surface area contributed by atoms with Gasteiger partial charge in [-0.1, -0.05) is 30.0 Å². The maximum Gasteiger partial charge on any atom is 0.226 e. The predicted octanol–water partition coefficient (Wildman–Crippen LogP) is 4.40. The number of benzene rings is 1. The van der Waals surface area contributed by atoms with E-state index >= 15 is 0 Å². The van der Waals surface area contributed by atoms with Crippen LogP contribution in [0.15, 0.2) is 50.7 Å². The maximum atomic E-state index is 5.50. The summed E-state index contributed by atoms with van der Waals surface area (Å²) in [6, 6.07) is 9.92. The van der Waals surface area contributed by atoms with Crippen molar-refractivity contribution in [1.29, 1.82) is 0 Å². The molecule has 3 rings (SSSR count). The number of aromatic nitrogens is 2. The normalized spacial score (nSPS) is 10.8. The van der Waals surface area contributed by atoms with Crippen LogP contribution in [0.3, 0.4) is 0 Å². The molecule has 0 aliphatic rings. The number of thiazole rings is 1. The molecular formula is C14H12N2OS2. The molecule has 5 heteroatoms. The van der Waals surface area contributed by atoms with Crippen molar-refractivity contribution in [2.45, 2.75) is 17.0 Å². The van der Waals surface area contributed by atoms with Crippen molar-refractivity contribution in [3.63, 3.8) is 0 Å². The molecule has 0 unspecified atom stereocenters. The molecule has 0 N–H and O–H groups in total. The molecule has 1 aromatic carbocycles. The summed E-state index contributed by atoms with van der Waals surface area (Å²) in [4.78, 5) is 8.91. The second kappa shape index (κ2) is 5.59. The number of nitrogens with zero attached hydrogens (tertiary/aromatic N) is 2. The average Bonchev–Trinajstić information content (AvgIpc) is 3.06. The van der Waals surface area contributed by atoms with Gasteiger partial charge in [-0.3, -0.25) is 0 Å². The number of hydrogen-bond donors (Lipinski definition) is 0. The summed E-state index contributed by atoms with van der Waals surface area (Å²) in [7, 11) is 0. The van der Waals surface area contributed by atoms with Crippen LogP contribution in [0.1, 0.15) is 11.4 Å². The molecule has 19 heavy (non-hydrogen) atoms. The third kappa shape index (κ3) is 3.05. The molecule has 0 amide bonds. The third-order valence-electron chi connectivity index (χ3n) is 2.51. The Kier molecular flexibility index (Phi) is 3.66. The van der Waals surface area contributed by atoms with E-state index in [-0.39, 0.29) is 0 Å². The Bertz CT molecular complexity index is 661. The van der Waals surface area contributed by atoms with Crippen LogP contribution >= 0.6 is 23.1 Å². The van der Waals surface area contributed by atoms with E-state index < -0.39 is 0 Å². The third-order valence-corrected chi connectivity index (χ3v) is 4.69. The molecular weight excluding hydrogens is 276 g/mol. The summed E-state index contributed by atoms with van der Waals surface area (Å²) in [6.45, 7) is 2.00. The highest BCUT2D eigenvalue weighted by molar-refractivity contribution is 8.00. The predicted molar refractivity (Wildman–Crippen MR) is 78.4 cm³/mol. The van der Waals surface area contributed by atoms with E-state index in [1.54, 1.807) is 29.4 Å². The van der Waals surface area contributed by atoms with E-state index in [4.69, 9.17) is 4.42 Å². The van der Waals surface area contributed by atoms with Gasteiger partial charge in [0.05, 0.1) is 5.69 Å². The Morgan fingerprint density at radius 3 is 2.79 bits per heavy atom. The van der Waals surface area contributed by atoms with Crippen molar-refractivity contribution in [2.75, 3.05) is 0 Å². The van der Waals surface area contributed by atoms with Crippen LogP contribution in [-0.4, -0.2) is 9.97 Å². The highest BCUT2D eigenvalue weighted by atomic mass is 32.2. The molecule has 2 aromatic heterocycles. The van der Waals surface area contributed by atoms with Crippen molar-refractivity contribution in [3.05, 3.63) is 53.4 Å². The van der Waals surface area contributed by atoms with E-state index in [9.17, 15) is 0 Å². The molecule has 0 fully saturated rings. The van der Waals surface area contributed by atoms with Crippen LogP contribution in [0.4, 0.5) is 0 Å². The number of thioether (sulfide) groups is 1. The monoisotopic (exact) mass is 288 g/mol. The van der Waals surface area contributed by atoms with Gasteiger partial charge in [-0.2, -0.15) is 0 Å². The smallest absolute Gasteiger partial charge is 0.226 e. The maximum absolute atomic E-state index is 5.50. The Balaban J connectivity index is 1.68. The first-order valence-corrected chi connectivity index (χ1v) is 7.72. The van der Waals surface area contributed by atoms with Crippen molar-refractivity contribution >= 4 is 23.1 Å². The second-order valence-corrected chi connectivity index (χ2v) is 6.13. The lowest BCUT2D eigenvalue weighted by Gasteiger charge is -1.93. The van der Waals surface area contributed by atoms with Gasteiger partial charge in [0.25, 0.3) is 0 Å². The molecule has 96 valence electrons. The van der Waals surface area contributed by atoms with E-state index in [0.29, 0.717) is 5.89 Å². The number of oxazole rings is 1. The van der Waals surface area contributed by atoms with Crippen LogP contribution in [-0.2, 0) is 5.75 Å². The lowest BCUT2D eigenvalue weighted by Crippen LogP contribution is -1.82. The highest BCUT2D eigenvalue weighted by Gasteiger charge is 2.07. The van der Waals surface area contributed by atoms with Crippen LogP contribution in [0, 0.1) is 6.92 Å². The van der Waals surface area contributed by atoms with Gasteiger partial charge >= 0.3 is 0 Å². The summed E-state index contributed by atoms with van der Waals surface area (Å²) in [5, 5.41) is 2.06. The van der Waals surface area contributed by atoms with Gasteiger partial charge in [0.1, 0.15) is 10.6 Å². The van der Waals surface area contributed by atoms with Gasteiger partial charge in [-0.15, -0.1) is 11.3 Å². The molecule has 3 nitrogen and oxygen atoms in total. The second-order valence-electron chi connectivity index (χ2n) is 4.05. The molecule has 0 saturated heterocycles. The molecule has 0 atom stereocenters. The Morgan fingerprint density at radius 2 is 2.05 bits per heavy atom. The summed E-state index contributed by atoms with van der Waals surface area (Å²) in [5.41, 5.74) is 3.01. The van der Waals surface area contributed by atoms with Crippen molar-refractivity contribution in [2.24, 2.45) is 0 Å². The summed E-state index contributed by atoms with van der Waals surface area (Å²) in [5.74, 6) is 1.45. The largest absolute Gasteiger partial charge is 0.444 e.